The third-order valence-electron chi connectivity index (χ3n) is 5.31. The van der Waals surface area contributed by atoms with Crippen LogP contribution in [0, 0.1) is 12.8 Å². The summed E-state index contributed by atoms with van der Waals surface area (Å²) in [5.41, 5.74) is 3.86. The van der Waals surface area contributed by atoms with Crippen molar-refractivity contribution in [3.63, 3.8) is 0 Å². The molecule has 1 atom stereocenters. The first-order valence-electron chi connectivity index (χ1n) is 10.8. The number of amides is 2. The van der Waals surface area contributed by atoms with Crippen LogP contribution in [0.2, 0.25) is 5.02 Å². The highest BCUT2D eigenvalue weighted by molar-refractivity contribution is 6.30. The predicted molar refractivity (Wildman–Crippen MR) is 129 cm³/mol. The molecule has 166 valence electrons. The Hall–Kier alpha value is -3.11. The zero-order valence-corrected chi connectivity index (χ0v) is 19.5. The number of hydrogen-bond donors (Lipinski definition) is 1. The Bertz CT molecular complexity index is 1030. The fraction of sp³-hybridized carbons (Fsp3) is 0.259. The number of hydrogen-bond acceptors (Lipinski definition) is 2. The second-order valence-corrected chi connectivity index (χ2v) is 8.70. The standard InChI is InChI=1S/C27H29ClN2O2/c1-19(2)27(32)30(18-22-13-15-24(28)16-14-22)25(23-7-5-4-6-8-23)26(31)29-17-21-11-9-20(3)10-12-21/h4-16,19,25H,17-18H2,1-3H3,(H,29,31)/t25-/m0/s1. The zero-order chi connectivity index (χ0) is 23.1. The fourth-order valence-corrected chi connectivity index (χ4v) is 3.64. The van der Waals surface area contributed by atoms with Gasteiger partial charge in [0.2, 0.25) is 11.8 Å². The van der Waals surface area contributed by atoms with Gasteiger partial charge in [-0.05, 0) is 35.7 Å². The molecule has 0 heterocycles. The molecule has 1 N–H and O–H groups in total. The van der Waals surface area contributed by atoms with Crippen LogP contribution >= 0.6 is 11.6 Å². The molecule has 0 fully saturated rings. The smallest absolute Gasteiger partial charge is 0.247 e. The molecule has 3 rings (SSSR count). The third kappa shape index (κ3) is 6.21. The summed E-state index contributed by atoms with van der Waals surface area (Å²) in [5, 5.41) is 3.66. The van der Waals surface area contributed by atoms with Crippen molar-refractivity contribution in [3.05, 3.63) is 106 Å². The van der Waals surface area contributed by atoms with Gasteiger partial charge < -0.3 is 10.2 Å². The van der Waals surface area contributed by atoms with Gasteiger partial charge in [-0.2, -0.15) is 0 Å². The van der Waals surface area contributed by atoms with Crippen LogP contribution in [0.3, 0.4) is 0 Å². The van der Waals surface area contributed by atoms with Gasteiger partial charge in [-0.15, -0.1) is 0 Å². The van der Waals surface area contributed by atoms with Crippen molar-refractivity contribution in [2.75, 3.05) is 0 Å². The van der Waals surface area contributed by atoms with Gasteiger partial charge in [0.1, 0.15) is 6.04 Å². The van der Waals surface area contributed by atoms with Gasteiger partial charge in [0.15, 0.2) is 0 Å². The van der Waals surface area contributed by atoms with Crippen LogP contribution in [0.25, 0.3) is 0 Å². The van der Waals surface area contributed by atoms with Crippen LogP contribution in [-0.2, 0) is 22.7 Å². The predicted octanol–water partition coefficient (Wildman–Crippen LogP) is 5.69. The van der Waals surface area contributed by atoms with Gasteiger partial charge in [-0.3, -0.25) is 9.59 Å². The van der Waals surface area contributed by atoms with Crippen molar-refractivity contribution in [3.8, 4) is 0 Å². The van der Waals surface area contributed by atoms with Gasteiger partial charge >= 0.3 is 0 Å². The molecule has 5 heteroatoms. The van der Waals surface area contributed by atoms with Crippen LogP contribution < -0.4 is 5.32 Å². The number of carbonyl (C=O) groups excluding carboxylic acids is 2. The molecule has 0 aliphatic heterocycles. The Balaban J connectivity index is 1.92. The topological polar surface area (TPSA) is 49.4 Å². The van der Waals surface area contributed by atoms with Crippen LogP contribution in [0.5, 0.6) is 0 Å². The molecule has 0 aromatic heterocycles. The highest BCUT2D eigenvalue weighted by atomic mass is 35.5. The number of benzene rings is 3. The normalized spacial score (nSPS) is 11.8. The Labute approximate surface area is 195 Å². The maximum atomic E-state index is 13.5. The zero-order valence-electron chi connectivity index (χ0n) is 18.7. The number of halogens is 1. The number of nitrogens with one attached hydrogen (secondary N) is 1. The Morgan fingerprint density at radius 1 is 0.875 bits per heavy atom. The summed E-state index contributed by atoms with van der Waals surface area (Å²) < 4.78 is 0. The van der Waals surface area contributed by atoms with E-state index in [1.54, 1.807) is 17.0 Å². The highest BCUT2D eigenvalue weighted by Crippen LogP contribution is 2.26. The molecule has 0 unspecified atom stereocenters. The Kier molecular flexibility index (Phi) is 8.07. The summed E-state index contributed by atoms with van der Waals surface area (Å²) in [6, 6.07) is 24.1. The summed E-state index contributed by atoms with van der Waals surface area (Å²) in [5.74, 6) is -0.544. The number of nitrogens with zero attached hydrogens (tertiary/aromatic N) is 1. The first-order valence-corrected chi connectivity index (χ1v) is 11.2. The average molecular weight is 449 g/mol. The van der Waals surface area contributed by atoms with Gasteiger partial charge in [-0.1, -0.05) is 97.7 Å². The minimum Gasteiger partial charge on any atom is -0.350 e. The fourth-order valence-electron chi connectivity index (χ4n) is 3.51. The lowest BCUT2D eigenvalue weighted by Gasteiger charge is -2.33. The van der Waals surface area contributed by atoms with Crippen LogP contribution in [0.4, 0.5) is 0 Å². The summed E-state index contributed by atoms with van der Waals surface area (Å²) >= 11 is 6.03. The van der Waals surface area contributed by atoms with Gasteiger partial charge in [0, 0.05) is 24.0 Å². The number of carbonyl (C=O) groups is 2. The molecule has 0 saturated heterocycles. The van der Waals surface area contributed by atoms with Crippen molar-refractivity contribution in [2.24, 2.45) is 5.92 Å². The lowest BCUT2D eigenvalue weighted by atomic mass is 10.0. The largest absolute Gasteiger partial charge is 0.350 e. The third-order valence-corrected chi connectivity index (χ3v) is 5.56. The molecule has 3 aromatic carbocycles. The summed E-state index contributed by atoms with van der Waals surface area (Å²) in [4.78, 5) is 28.4. The van der Waals surface area contributed by atoms with Crippen molar-refractivity contribution in [2.45, 2.75) is 39.9 Å². The minimum absolute atomic E-state index is 0.0840. The monoisotopic (exact) mass is 448 g/mol. The lowest BCUT2D eigenvalue weighted by Crippen LogP contribution is -2.44. The lowest BCUT2D eigenvalue weighted by molar-refractivity contribution is -0.144. The Morgan fingerprint density at radius 2 is 1.47 bits per heavy atom. The van der Waals surface area contributed by atoms with Crippen molar-refractivity contribution < 1.29 is 9.59 Å². The molecular formula is C27H29ClN2O2. The molecule has 0 aliphatic carbocycles. The van der Waals surface area contributed by atoms with Crippen LogP contribution in [0.15, 0.2) is 78.9 Å². The van der Waals surface area contributed by atoms with Crippen molar-refractivity contribution in [1.82, 2.24) is 10.2 Å². The molecule has 0 spiro atoms. The van der Waals surface area contributed by atoms with E-state index in [1.165, 1.54) is 5.56 Å². The van der Waals surface area contributed by atoms with Crippen LogP contribution in [0.1, 0.15) is 42.1 Å². The van der Waals surface area contributed by atoms with Gasteiger partial charge in [0.25, 0.3) is 0 Å². The summed E-state index contributed by atoms with van der Waals surface area (Å²) in [6.07, 6.45) is 0. The van der Waals surface area contributed by atoms with Crippen molar-refractivity contribution in [1.29, 1.82) is 0 Å². The molecule has 0 saturated carbocycles. The molecule has 2 amide bonds. The molecule has 32 heavy (non-hydrogen) atoms. The number of rotatable bonds is 8. The summed E-state index contributed by atoms with van der Waals surface area (Å²) in [7, 11) is 0. The first-order chi connectivity index (χ1) is 15.3. The van der Waals surface area contributed by atoms with E-state index in [9.17, 15) is 9.59 Å². The van der Waals surface area contributed by atoms with E-state index >= 15 is 0 Å². The van der Waals surface area contributed by atoms with E-state index in [2.05, 4.69) is 5.32 Å². The second kappa shape index (κ2) is 11.0. The molecule has 0 radical (unpaired) electrons. The second-order valence-electron chi connectivity index (χ2n) is 8.26. The minimum atomic E-state index is -0.743. The average Bonchev–Trinajstić information content (AvgIpc) is 2.79. The molecule has 0 bridgehead atoms. The molecular weight excluding hydrogens is 420 g/mol. The maximum absolute atomic E-state index is 13.5. The maximum Gasteiger partial charge on any atom is 0.247 e. The highest BCUT2D eigenvalue weighted by Gasteiger charge is 2.32. The quantitative estimate of drug-likeness (QED) is 0.481. The van der Waals surface area contributed by atoms with Crippen molar-refractivity contribution >= 4 is 23.4 Å². The summed E-state index contributed by atoms with van der Waals surface area (Å²) in [6.45, 7) is 6.44. The van der Waals surface area contributed by atoms with Gasteiger partial charge in [-0.25, -0.2) is 0 Å². The van der Waals surface area contributed by atoms with E-state index in [1.807, 2.05) is 87.5 Å². The van der Waals surface area contributed by atoms with E-state index in [4.69, 9.17) is 11.6 Å². The van der Waals surface area contributed by atoms with E-state index < -0.39 is 6.04 Å². The first kappa shape index (κ1) is 23.6. The Morgan fingerprint density at radius 3 is 2.06 bits per heavy atom. The number of aryl methyl sites for hydroxylation is 1. The molecule has 3 aromatic rings. The SMILES string of the molecule is Cc1ccc(CNC(=O)[C@H](c2ccccc2)N(Cc2ccc(Cl)cc2)C(=O)C(C)C)cc1. The van der Waals surface area contributed by atoms with Crippen LogP contribution in [-0.4, -0.2) is 16.7 Å². The molecule has 0 aliphatic rings. The van der Waals surface area contributed by atoms with Gasteiger partial charge in [0.05, 0.1) is 0 Å². The van der Waals surface area contributed by atoms with E-state index in [0.717, 1.165) is 16.7 Å². The molecule has 4 nitrogen and oxygen atoms in total. The van der Waals surface area contributed by atoms with E-state index in [0.29, 0.717) is 18.1 Å². The van der Waals surface area contributed by atoms with E-state index in [-0.39, 0.29) is 17.7 Å².